The normalized spacial score (nSPS) is 28.9. The lowest BCUT2D eigenvalue weighted by Crippen LogP contribution is -2.43. The number of fused-ring (bicyclic) bond motifs is 1. The summed E-state index contributed by atoms with van der Waals surface area (Å²) < 4.78 is 12.1. The van der Waals surface area contributed by atoms with E-state index < -0.39 is 10.8 Å². The lowest BCUT2D eigenvalue weighted by Gasteiger charge is -2.40. The van der Waals surface area contributed by atoms with Crippen LogP contribution in [0.1, 0.15) is 38.5 Å². The molecule has 2 heterocycles. The summed E-state index contributed by atoms with van der Waals surface area (Å²) in [5, 5.41) is 9.85. The molecule has 0 radical (unpaired) electrons. The van der Waals surface area contributed by atoms with Crippen molar-refractivity contribution in [1.29, 1.82) is 0 Å². The van der Waals surface area contributed by atoms with Gasteiger partial charge in [-0.2, -0.15) is 10.1 Å². The van der Waals surface area contributed by atoms with Gasteiger partial charge >= 0.3 is 0 Å². The van der Waals surface area contributed by atoms with Crippen molar-refractivity contribution in [2.45, 2.75) is 38.5 Å². The van der Waals surface area contributed by atoms with Crippen molar-refractivity contribution in [3.63, 3.8) is 0 Å². The summed E-state index contributed by atoms with van der Waals surface area (Å²) in [5.41, 5.74) is 1.27. The molecule has 6 heteroatoms. The van der Waals surface area contributed by atoms with Gasteiger partial charge in [-0.15, -0.1) is 0 Å². The monoisotopic (exact) mass is 332 g/mol. The Kier molecular flexibility index (Phi) is 3.87. The van der Waals surface area contributed by atoms with Gasteiger partial charge in [-0.3, -0.25) is 9.20 Å². The van der Waals surface area contributed by atoms with Crippen LogP contribution in [0.4, 0.5) is 0 Å². The highest BCUT2D eigenvalue weighted by Crippen LogP contribution is 2.50. The summed E-state index contributed by atoms with van der Waals surface area (Å²) in [7, 11) is 0.793. The third-order valence-electron chi connectivity index (χ3n) is 5.44. The molecule has 23 heavy (non-hydrogen) atoms. The Bertz CT molecular complexity index is 656. The van der Waals surface area contributed by atoms with E-state index in [4.69, 9.17) is 0 Å². The molecule has 2 aliphatic carbocycles. The number of aliphatic imine (C=N–C) groups is 1. The predicted octanol–water partition coefficient (Wildman–Crippen LogP) is 2.57. The zero-order valence-electron chi connectivity index (χ0n) is 13.8. The van der Waals surface area contributed by atoms with Crippen LogP contribution in [-0.2, 0) is 10.8 Å². The minimum Gasteiger partial charge on any atom is -0.342 e. The molecule has 0 aromatic carbocycles. The molecule has 0 aromatic rings. The summed E-state index contributed by atoms with van der Waals surface area (Å²) in [5.74, 6) is 3.93. The van der Waals surface area contributed by atoms with Gasteiger partial charge < -0.3 is 5.32 Å². The summed E-state index contributed by atoms with van der Waals surface area (Å²) in [6, 6.07) is 0. The van der Waals surface area contributed by atoms with Crippen molar-refractivity contribution in [3.8, 4) is 0 Å². The first-order valence-electron chi connectivity index (χ1n) is 8.53. The van der Waals surface area contributed by atoms with E-state index in [1.54, 1.807) is 18.3 Å². The molecular formula is C17H24N4OS. The molecule has 0 aromatic heterocycles. The molecule has 0 saturated heterocycles. The second-order valence-corrected chi connectivity index (χ2v) is 8.30. The van der Waals surface area contributed by atoms with Crippen molar-refractivity contribution in [1.82, 2.24) is 10.3 Å². The Morgan fingerprint density at radius 2 is 2.09 bits per heavy atom. The van der Waals surface area contributed by atoms with Gasteiger partial charge in [0.1, 0.15) is 5.82 Å². The number of rotatable bonds is 4. The number of nitrogens with one attached hydrogen (secondary N) is 1. The van der Waals surface area contributed by atoms with Gasteiger partial charge in [0.2, 0.25) is 0 Å². The second kappa shape index (κ2) is 5.89. The molecule has 2 fully saturated rings. The van der Waals surface area contributed by atoms with Crippen LogP contribution in [0.5, 0.6) is 0 Å². The van der Waals surface area contributed by atoms with Crippen LogP contribution in [0.2, 0.25) is 0 Å². The van der Waals surface area contributed by atoms with Crippen molar-refractivity contribution in [2.24, 2.45) is 27.8 Å². The molecule has 4 rings (SSSR count). The van der Waals surface area contributed by atoms with Gasteiger partial charge in [0.15, 0.2) is 5.84 Å². The fourth-order valence-corrected chi connectivity index (χ4v) is 4.61. The summed E-state index contributed by atoms with van der Waals surface area (Å²) in [6.45, 7) is 0. The molecule has 2 aliphatic heterocycles. The van der Waals surface area contributed by atoms with Crippen molar-refractivity contribution >= 4 is 22.8 Å². The van der Waals surface area contributed by atoms with E-state index in [2.05, 4.69) is 21.5 Å². The Balaban J connectivity index is 1.73. The molecular weight excluding hydrogens is 308 g/mol. The zero-order chi connectivity index (χ0) is 16.0. The van der Waals surface area contributed by atoms with Gasteiger partial charge in [-0.05, 0) is 37.5 Å². The van der Waals surface area contributed by atoms with Crippen LogP contribution in [0.25, 0.3) is 0 Å². The summed E-state index contributed by atoms with van der Waals surface area (Å²) in [4.78, 5) is 5.33. The van der Waals surface area contributed by atoms with E-state index in [1.165, 1.54) is 37.8 Å². The SMILES string of the molecule is CN=C1C=C(C(C2CCC2)C2CC2)NC2=C(S(C)=O)CC=NN12. The number of allylic oxidation sites excluding steroid dienone is 2. The van der Waals surface area contributed by atoms with Gasteiger partial charge in [-0.25, -0.2) is 0 Å². The quantitative estimate of drug-likeness (QED) is 0.861. The highest BCUT2D eigenvalue weighted by Gasteiger charge is 2.43. The third kappa shape index (κ3) is 2.67. The minimum atomic E-state index is -1.01. The second-order valence-electron chi connectivity index (χ2n) is 6.90. The van der Waals surface area contributed by atoms with Gasteiger partial charge in [0.25, 0.3) is 0 Å². The van der Waals surface area contributed by atoms with Gasteiger partial charge in [-0.1, -0.05) is 6.42 Å². The zero-order valence-corrected chi connectivity index (χ0v) is 14.6. The molecule has 0 amide bonds. The van der Waals surface area contributed by atoms with E-state index in [0.29, 0.717) is 12.3 Å². The molecule has 0 spiro atoms. The first kappa shape index (κ1) is 15.1. The van der Waals surface area contributed by atoms with Gasteiger partial charge in [0, 0.05) is 54.4 Å². The average Bonchev–Trinajstić information content (AvgIpc) is 3.33. The molecule has 2 unspecified atom stereocenters. The third-order valence-corrected chi connectivity index (χ3v) is 6.49. The maximum atomic E-state index is 12.1. The number of nitrogens with zero attached hydrogens (tertiary/aromatic N) is 3. The molecule has 1 N–H and O–H groups in total. The van der Waals surface area contributed by atoms with Crippen molar-refractivity contribution in [3.05, 3.63) is 22.5 Å². The topological polar surface area (TPSA) is 57.1 Å². The number of hydrazone groups is 1. The Hall–Kier alpha value is -1.43. The number of hydrogen-bond donors (Lipinski definition) is 1. The number of amidine groups is 1. The molecule has 4 aliphatic rings. The van der Waals surface area contributed by atoms with Crippen LogP contribution >= 0.6 is 0 Å². The molecule has 0 bridgehead atoms. The molecule has 5 nitrogen and oxygen atoms in total. The minimum absolute atomic E-state index is 0.604. The Morgan fingerprint density at radius 1 is 1.35 bits per heavy atom. The lowest BCUT2D eigenvalue weighted by atomic mass is 9.72. The average molecular weight is 332 g/mol. The first-order chi connectivity index (χ1) is 11.2. The first-order valence-corrected chi connectivity index (χ1v) is 10.1. The van der Waals surface area contributed by atoms with Crippen LogP contribution in [0, 0.1) is 17.8 Å². The van der Waals surface area contributed by atoms with E-state index in [1.807, 2.05) is 6.21 Å². The Morgan fingerprint density at radius 3 is 2.65 bits per heavy atom. The predicted molar refractivity (Wildman–Crippen MR) is 94.2 cm³/mol. The standard InChI is InChI=1S/C17H24N4OS/c1-18-15-10-13(16(12-6-7-12)11-4-3-5-11)20-17-14(23(2)22)8-9-19-21(15)17/h9-12,16,20H,3-8H2,1-2H3. The van der Waals surface area contributed by atoms with Crippen molar-refractivity contribution in [2.75, 3.05) is 13.3 Å². The highest BCUT2D eigenvalue weighted by atomic mass is 32.2. The van der Waals surface area contributed by atoms with E-state index in [0.717, 1.165) is 28.4 Å². The summed E-state index contributed by atoms with van der Waals surface area (Å²) in [6.07, 6.45) is 13.1. The fourth-order valence-electron chi connectivity index (χ4n) is 3.89. The van der Waals surface area contributed by atoms with E-state index in [9.17, 15) is 4.21 Å². The van der Waals surface area contributed by atoms with E-state index >= 15 is 0 Å². The largest absolute Gasteiger partial charge is 0.342 e. The molecule has 124 valence electrons. The van der Waals surface area contributed by atoms with Crippen LogP contribution in [0.3, 0.4) is 0 Å². The number of hydrogen-bond acceptors (Lipinski definition) is 4. The fraction of sp³-hybridized carbons (Fsp3) is 0.647. The van der Waals surface area contributed by atoms with Crippen LogP contribution in [0.15, 0.2) is 32.6 Å². The summed E-state index contributed by atoms with van der Waals surface area (Å²) >= 11 is 0. The smallest absolute Gasteiger partial charge is 0.152 e. The lowest BCUT2D eigenvalue weighted by molar-refractivity contribution is 0.204. The van der Waals surface area contributed by atoms with E-state index in [-0.39, 0.29) is 0 Å². The molecule has 2 saturated carbocycles. The van der Waals surface area contributed by atoms with Gasteiger partial charge in [0.05, 0.1) is 4.91 Å². The van der Waals surface area contributed by atoms with Crippen LogP contribution < -0.4 is 5.32 Å². The van der Waals surface area contributed by atoms with Crippen LogP contribution in [-0.4, -0.2) is 34.6 Å². The Labute approximate surface area is 140 Å². The highest BCUT2D eigenvalue weighted by molar-refractivity contribution is 7.88. The molecule has 2 atom stereocenters. The van der Waals surface area contributed by atoms with Crippen molar-refractivity contribution < 1.29 is 4.21 Å². The maximum Gasteiger partial charge on any atom is 0.152 e. The maximum absolute atomic E-state index is 12.1.